The van der Waals surface area contributed by atoms with Crippen molar-refractivity contribution >= 4 is 6.16 Å². The number of benzene rings is 1. The Bertz CT molecular complexity index is 443. The van der Waals surface area contributed by atoms with Crippen molar-refractivity contribution in [3.8, 4) is 0 Å². The Labute approximate surface area is 118 Å². The lowest BCUT2D eigenvalue weighted by molar-refractivity contribution is -0.0389. The van der Waals surface area contributed by atoms with Gasteiger partial charge in [0.1, 0.15) is 6.61 Å². The van der Waals surface area contributed by atoms with Crippen LogP contribution >= 0.6 is 0 Å². The molecule has 0 spiro atoms. The van der Waals surface area contributed by atoms with E-state index in [1.54, 1.807) is 12.3 Å². The lowest BCUT2D eigenvalue weighted by Gasteiger charge is -2.20. The van der Waals surface area contributed by atoms with Gasteiger partial charge in [-0.15, -0.1) is 0 Å². The third-order valence-corrected chi connectivity index (χ3v) is 2.81. The molecular weight excluding hydrogens is 260 g/mol. The molecule has 0 radical (unpaired) electrons. The standard InChI is InChI=1S/C15H18O5/c1-2-8-18-13(14-11-19-15(16)20-14)10-17-9-12-6-4-3-5-7-12/h2-8,13-14H,9-11H2,1H3/b8-2-. The van der Waals surface area contributed by atoms with E-state index in [0.29, 0.717) is 13.2 Å². The minimum absolute atomic E-state index is 0.190. The molecule has 0 aromatic heterocycles. The Hall–Kier alpha value is -2.01. The number of rotatable bonds is 7. The van der Waals surface area contributed by atoms with Crippen LogP contribution in [0, 0.1) is 0 Å². The van der Waals surface area contributed by atoms with Gasteiger partial charge in [-0.1, -0.05) is 36.4 Å². The van der Waals surface area contributed by atoms with Crippen molar-refractivity contribution in [3.63, 3.8) is 0 Å². The molecule has 0 N–H and O–H groups in total. The molecule has 2 atom stereocenters. The summed E-state index contributed by atoms with van der Waals surface area (Å²) in [7, 11) is 0. The summed E-state index contributed by atoms with van der Waals surface area (Å²) in [5.74, 6) is 0. The molecule has 0 amide bonds. The average Bonchev–Trinajstić information content (AvgIpc) is 2.90. The minimum Gasteiger partial charge on any atom is -0.492 e. The Morgan fingerprint density at radius 3 is 2.85 bits per heavy atom. The minimum atomic E-state index is -0.660. The largest absolute Gasteiger partial charge is 0.508 e. The van der Waals surface area contributed by atoms with Crippen LogP contribution in [-0.4, -0.2) is 31.6 Å². The van der Waals surface area contributed by atoms with Crippen LogP contribution in [0.15, 0.2) is 42.7 Å². The monoisotopic (exact) mass is 278 g/mol. The topological polar surface area (TPSA) is 54.0 Å². The Morgan fingerprint density at radius 1 is 1.40 bits per heavy atom. The molecule has 2 unspecified atom stereocenters. The van der Waals surface area contributed by atoms with Crippen LogP contribution in [0.25, 0.3) is 0 Å². The normalized spacial score (nSPS) is 19.6. The van der Waals surface area contributed by atoms with Crippen molar-refractivity contribution in [1.82, 2.24) is 0 Å². The van der Waals surface area contributed by atoms with E-state index in [2.05, 4.69) is 0 Å². The second-order valence-electron chi connectivity index (χ2n) is 4.36. The number of ether oxygens (including phenoxy) is 4. The lowest BCUT2D eigenvalue weighted by atomic mass is 10.2. The van der Waals surface area contributed by atoms with Gasteiger partial charge in [0.15, 0.2) is 12.2 Å². The first-order chi connectivity index (χ1) is 9.79. The van der Waals surface area contributed by atoms with E-state index in [0.717, 1.165) is 5.56 Å². The summed E-state index contributed by atoms with van der Waals surface area (Å²) >= 11 is 0. The van der Waals surface area contributed by atoms with E-state index in [4.69, 9.17) is 18.9 Å². The van der Waals surface area contributed by atoms with Crippen LogP contribution in [0.5, 0.6) is 0 Å². The quantitative estimate of drug-likeness (QED) is 0.567. The highest BCUT2D eigenvalue weighted by molar-refractivity contribution is 5.61. The van der Waals surface area contributed by atoms with Gasteiger partial charge in [0.2, 0.25) is 0 Å². The lowest BCUT2D eigenvalue weighted by Crippen LogP contribution is -2.34. The summed E-state index contributed by atoms with van der Waals surface area (Å²) in [6, 6.07) is 9.84. The number of cyclic esters (lactones) is 2. The molecule has 2 rings (SSSR count). The maximum Gasteiger partial charge on any atom is 0.508 e. The van der Waals surface area contributed by atoms with E-state index in [1.807, 2.05) is 37.3 Å². The van der Waals surface area contributed by atoms with Crippen molar-refractivity contribution in [3.05, 3.63) is 48.2 Å². The van der Waals surface area contributed by atoms with E-state index in [-0.39, 0.29) is 12.7 Å². The molecule has 1 heterocycles. The van der Waals surface area contributed by atoms with Gasteiger partial charge in [0.25, 0.3) is 0 Å². The summed E-state index contributed by atoms with van der Waals surface area (Å²) in [4.78, 5) is 11.0. The smallest absolute Gasteiger partial charge is 0.492 e. The van der Waals surface area contributed by atoms with Crippen molar-refractivity contribution in [2.24, 2.45) is 0 Å². The fraction of sp³-hybridized carbons (Fsp3) is 0.400. The summed E-state index contributed by atoms with van der Waals surface area (Å²) in [5.41, 5.74) is 1.08. The third kappa shape index (κ3) is 4.28. The first kappa shape index (κ1) is 14.4. The van der Waals surface area contributed by atoms with Gasteiger partial charge in [0.05, 0.1) is 19.5 Å². The SMILES string of the molecule is C/C=C\OC(COCc1ccccc1)C1COC(=O)O1. The van der Waals surface area contributed by atoms with Gasteiger partial charge in [-0.25, -0.2) is 4.79 Å². The van der Waals surface area contributed by atoms with Crippen molar-refractivity contribution < 1.29 is 23.7 Å². The number of carbonyl (C=O) groups excluding carboxylic acids is 1. The first-order valence-corrected chi connectivity index (χ1v) is 6.51. The summed E-state index contributed by atoms with van der Waals surface area (Å²) in [6.07, 6.45) is 1.85. The highest BCUT2D eigenvalue weighted by Gasteiger charge is 2.33. The molecule has 0 bridgehead atoms. The zero-order chi connectivity index (χ0) is 14.2. The molecule has 20 heavy (non-hydrogen) atoms. The Balaban J connectivity index is 1.82. The van der Waals surface area contributed by atoms with Gasteiger partial charge in [0, 0.05) is 0 Å². The second kappa shape index (κ2) is 7.55. The average molecular weight is 278 g/mol. The van der Waals surface area contributed by atoms with Crippen LogP contribution in [0.2, 0.25) is 0 Å². The molecule has 0 saturated carbocycles. The molecule has 1 aromatic carbocycles. The van der Waals surface area contributed by atoms with Gasteiger partial charge >= 0.3 is 6.16 Å². The van der Waals surface area contributed by atoms with Crippen molar-refractivity contribution in [1.29, 1.82) is 0 Å². The molecule has 5 heteroatoms. The molecule has 0 aliphatic carbocycles. The molecule has 1 saturated heterocycles. The molecule has 108 valence electrons. The van der Waals surface area contributed by atoms with Gasteiger partial charge < -0.3 is 18.9 Å². The zero-order valence-corrected chi connectivity index (χ0v) is 11.4. The first-order valence-electron chi connectivity index (χ1n) is 6.51. The maximum absolute atomic E-state index is 11.0. The van der Waals surface area contributed by atoms with Gasteiger partial charge in [-0.2, -0.15) is 0 Å². The second-order valence-corrected chi connectivity index (χ2v) is 4.36. The van der Waals surface area contributed by atoms with Crippen molar-refractivity contribution in [2.45, 2.75) is 25.7 Å². The number of allylic oxidation sites excluding steroid dienone is 1. The summed E-state index contributed by atoms with van der Waals surface area (Å²) in [6.45, 7) is 2.84. The van der Waals surface area contributed by atoms with Crippen molar-refractivity contribution in [2.75, 3.05) is 13.2 Å². The van der Waals surface area contributed by atoms with E-state index >= 15 is 0 Å². The number of hydrogen-bond donors (Lipinski definition) is 0. The zero-order valence-electron chi connectivity index (χ0n) is 11.4. The van der Waals surface area contributed by atoms with Crippen LogP contribution in [0.3, 0.4) is 0 Å². The highest BCUT2D eigenvalue weighted by atomic mass is 16.8. The molecule has 1 aliphatic heterocycles. The van der Waals surface area contributed by atoms with Crippen LogP contribution in [0.4, 0.5) is 4.79 Å². The molecule has 1 fully saturated rings. The van der Waals surface area contributed by atoms with E-state index in [1.165, 1.54) is 0 Å². The molecule has 1 aliphatic rings. The fourth-order valence-electron chi connectivity index (χ4n) is 1.81. The molecular formula is C15H18O5. The summed E-state index contributed by atoms with van der Waals surface area (Å²) in [5, 5.41) is 0. The maximum atomic E-state index is 11.0. The predicted octanol–water partition coefficient (Wildman–Crippen LogP) is 2.66. The Morgan fingerprint density at radius 2 is 2.20 bits per heavy atom. The third-order valence-electron chi connectivity index (χ3n) is 2.81. The Kier molecular flexibility index (Phi) is 5.43. The summed E-state index contributed by atoms with van der Waals surface area (Å²) < 4.78 is 20.9. The highest BCUT2D eigenvalue weighted by Crippen LogP contribution is 2.14. The number of carbonyl (C=O) groups is 1. The van der Waals surface area contributed by atoms with Crippen LogP contribution in [-0.2, 0) is 25.6 Å². The fourth-order valence-corrected chi connectivity index (χ4v) is 1.81. The van der Waals surface area contributed by atoms with E-state index in [9.17, 15) is 4.79 Å². The molecule has 1 aromatic rings. The molecule has 5 nitrogen and oxygen atoms in total. The van der Waals surface area contributed by atoms with E-state index < -0.39 is 12.3 Å². The van der Waals surface area contributed by atoms with Gasteiger partial charge in [-0.3, -0.25) is 0 Å². The predicted molar refractivity (Wildman–Crippen MR) is 72.0 cm³/mol. The van der Waals surface area contributed by atoms with Gasteiger partial charge in [-0.05, 0) is 12.5 Å². The van der Waals surface area contributed by atoms with Crippen LogP contribution in [0.1, 0.15) is 12.5 Å². The van der Waals surface area contributed by atoms with Crippen LogP contribution < -0.4 is 0 Å². The number of hydrogen-bond acceptors (Lipinski definition) is 5.